The van der Waals surface area contributed by atoms with E-state index >= 15 is 0 Å². The van der Waals surface area contributed by atoms with Crippen LogP contribution in [0.15, 0.2) is 24.3 Å². The minimum atomic E-state index is -1.63. The number of benzene rings is 1. The van der Waals surface area contributed by atoms with Gasteiger partial charge in [-0.2, -0.15) is 0 Å². The maximum Gasteiger partial charge on any atom is 0.322 e. The molecule has 14 nitrogen and oxygen atoms in total. The van der Waals surface area contributed by atoms with Crippen molar-refractivity contribution in [3.05, 3.63) is 29.8 Å². The smallest absolute Gasteiger partial charge is 0.322 e. The largest absolute Gasteiger partial charge is 0.508 e. The normalized spacial score (nSPS) is 13.1. The average Bonchev–Trinajstić information content (AvgIpc) is 2.75. The van der Waals surface area contributed by atoms with Gasteiger partial charge in [0, 0.05) is 12.8 Å². The Bertz CT molecular complexity index is 920. The Kier molecular flexibility index (Phi) is 10.9. The quantitative estimate of drug-likeness (QED) is 0.135. The number of carboxylic acids is 2. The Hall–Kier alpha value is -4.20. The van der Waals surface area contributed by atoms with Gasteiger partial charge in [-0.25, -0.2) is 0 Å². The van der Waals surface area contributed by atoms with E-state index in [1.807, 2.05) is 5.32 Å². The summed E-state index contributed by atoms with van der Waals surface area (Å²) in [5.74, 6) is -6.33. The number of hydrogen-bond acceptors (Lipinski definition) is 8. The van der Waals surface area contributed by atoms with Gasteiger partial charge in [-0.05, 0) is 24.1 Å². The lowest BCUT2D eigenvalue weighted by atomic mass is 10.0. The van der Waals surface area contributed by atoms with Gasteiger partial charge in [0.2, 0.25) is 23.6 Å². The van der Waals surface area contributed by atoms with E-state index in [0.717, 1.165) is 0 Å². The van der Waals surface area contributed by atoms with Crippen LogP contribution in [-0.2, 0) is 35.2 Å². The lowest BCUT2D eigenvalue weighted by Crippen LogP contribution is -2.57. The molecule has 0 spiro atoms. The number of carboxylic acid groups (broad SMARTS) is 2. The fourth-order valence-corrected chi connectivity index (χ4v) is 2.73. The van der Waals surface area contributed by atoms with Crippen molar-refractivity contribution in [1.29, 1.82) is 0 Å². The van der Waals surface area contributed by atoms with Crippen LogP contribution in [0.5, 0.6) is 5.75 Å². The number of amides is 4. The number of carbonyl (C=O) groups excluding carboxylic acids is 4. The van der Waals surface area contributed by atoms with Crippen LogP contribution in [0.4, 0.5) is 0 Å². The predicted molar refractivity (Wildman–Crippen MR) is 115 cm³/mol. The summed E-state index contributed by atoms with van der Waals surface area (Å²) in [4.78, 5) is 70.2. The van der Waals surface area contributed by atoms with E-state index in [1.165, 1.54) is 24.3 Å². The van der Waals surface area contributed by atoms with Crippen LogP contribution in [0.3, 0.4) is 0 Å². The first kappa shape index (κ1) is 27.8. The maximum atomic E-state index is 12.9. The lowest BCUT2D eigenvalue weighted by Gasteiger charge is -2.23. The molecule has 0 radical (unpaired) electrons. The molecular weight excluding hydrogens is 454 g/mol. The minimum Gasteiger partial charge on any atom is -0.508 e. The molecule has 4 amide bonds. The highest BCUT2D eigenvalue weighted by Crippen LogP contribution is 2.12. The second-order valence-corrected chi connectivity index (χ2v) is 7.31. The second-order valence-electron chi connectivity index (χ2n) is 7.31. The topological polar surface area (TPSA) is 251 Å². The van der Waals surface area contributed by atoms with Gasteiger partial charge < -0.3 is 42.7 Å². The number of carbonyl (C=O) groups is 6. The fourth-order valence-electron chi connectivity index (χ4n) is 2.73. The summed E-state index contributed by atoms with van der Waals surface area (Å²) >= 11 is 0. The lowest BCUT2D eigenvalue weighted by molar-refractivity contribution is -0.141. The van der Waals surface area contributed by atoms with Crippen molar-refractivity contribution in [3.63, 3.8) is 0 Å². The molecule has 1 aromatic rings. The highest BCUT2D eigenvalue weighted by molar-refractivity contribution is 5.95. The zero-order valence-corrected chi connectivity index (χ0v) is 18.0. The number of phenols is 1. The summed E-state index contributed by atoms with van der Waals surface area (Å²) in [5, 5.41) is 33.7. The number of aromatic hydroxyl groups is 1. The Morgan fingerprint density at radius 1 is 0.853 bits per heavy atom. The molecule has 0 heterocycles. The standard InChI is InChI=1S/C20H27N5O9/c21-12(5-6-15(22)27)18(32)24-13(7-10-1-3-11(26)4-2-10)20(34)25-14(8-16(28)29)19(33)23-9-17(30)31/h1-4,12-14,26H,5-9,21H2,(H2,22,27)(H,23,33)(H,24,32)(H,25,34)(H,28,29)(H,30,31). The molecule has 0 saturated heterocycles. The average molecular weight is 481 g/mol. The molecule has 10 N–H and O–H groups in total. The summed E-state index contributed by atoms with van der Waals surface area (Å²) in [6.45, 7) is -0.798. The Morgan fingerprint density at radius 3 is 1.97 bits per heavy atom. The van der Waals surface area contributed by atoms with E-state index in [9.17, 15) is 33.9 Å². The number of nitrogens with two attached hydrogens (primary N) is 2. The molecule has 0 aliphatic heterocycles. The van der Waals surface area contributed by atoms with Crippen molar-refractivity contribution >= 4 is 35.6 Å². The summed E-state index contributed by atoms with van der Waals surface area (Å²) in [5.41, 5.74) is 11.3. The van der Waals surface area contributed by atoms with Gasteiger partial charge in [0.05, 0.1) is 12.5 Å². The molecule has 186 valence electrons. The first-order valence-electron chi connectivity index (χ1n) is 10.0. The summed E-state index contributed by atoms with van der Waals surface area (Å²) in [6, 6.07) is 1.49. The van der Waals surface area contributed by atoms with Crippen LogP contribution in [0, 0.1) is 0 Å². The molecule has 1 rings (SSSR count). The van der Waals surface area contributed by atoms with E-state index in [4.69, 9.17) is 21.7 Å². The maximum absolute atomic E-state index is 12.9. The molecule has 0 fully saturated rings. The third kappa shape index (κ3) is 10.4. The first-order valence-corrected chi connectivity index (χ1v) is 10.0. The van der Waals surface area contributed by atoms with Crippen LogP contribution in [0.1, 0.15) is 24.8 Å². The van der Waals surface area contributed by atoms with E-state index in [1.54, 1.807) is 0 Å². The van der Waals surface area contributed by atoms with Crippen LogP contribution in [0.25, 0.3) is 0 Å². The summed E-state index contributed by atoms with van der Waals surface area (Å²) < 4.78 is 0. The van der Waals surface area contributed by atoms with Gasteiger partial charge >= 0.3 is 11.9 Å². The van der Waals surface area contributed by atoms with Crippen LogP contribution in [-0.4, -0.2) is 75.6 Å². The number of aliphatic carboxylic acids is 2. The molecule has 3 unspecified atom stereocenters. The van der Waals surface area contributed by atoms with Crippen LogP contribution in [0.2, 0.25) is 0 Å². The van der Waals surface area contributed by atoms with E-state index in [-0.39, 0.29) is 25.0 Å². The predicted octanol–water partition coefficient (Wildman–Crippen LogP) is -2.83. The molecule has 0 aromatic heterocycles. The van der Waals surface area contributed by atoms with Crippen molar-refractivity contribution in [2.45, 2.75) is 43.8 Å². The second kappa shape index (κ2) is 13.4. The van der Waals surface area contributed by atoms with Gasteiger partial charge in [0.1, 0.15) is 24.4 Å². The zero-order chi connectivity index (χ0) is 25.8. The van der Waals surface area contributed by atoms with Crippen molar-refractivity contribution in [3.8, 4) is 5.75 Å². The number of hydrogen-bond donors (Lipinski definition) is 8. The molecule has 0 aliphatic carbocycles. The van der Waals surface area contributed by atoms with E-state index in [2.05, 4.69) is 10.6 Å². The van der Waals surface area contributed by atoms with Gasteiger partial charge in [0.25, 0.3) is 0 Å². The molecule has 3 atom stereocenters. The van der Waals surface area contributed by atoms with Gasteiger partial charge in [0.15, 0.2) is 0 Å². The number of rotatable bonds is 14. The third-order valence-corrected chi connectivity index (χ3v) is 4.47. The number of phenolic OH excluding ortho intramolecular Hbond substituents is 1. The number of nitrogens with one attached hydrogen (secondary N) is 3. The zero-order valence-electron chi connectivity index (χ0n) is 18.0. The molecule has 14 heteroatoms. The minimum absolute atomic E-state index is 0.0427. The van der Waals surface area contributed by atoms with E-state index < -0.39 is 66.7 Å². The highest BCUT2D eigenvalue weighted by atomic mass is 16.4. The van der Waals surface area contributed by atoms with Gasteiger partial charge in [-0.3, -0.25) is 28.8 Å². The summed E-state index contributed by atoms with van der Waals surface area (Å²) in [6.07, 6.45) is -1.24. The molecule has 0 saturated carbocycles. The Morgan fingerprint density at radius 2 is 1.44 bits per heavy atom. The van der Waals surface area contributed by atoms with Crippen molar-refractivity contribution in [2.75, 3.05) is 6.54 Å². The van der Waals surface area contributed by atoms with Gasteiger partial charge in [-0.1, -0.05) is 12.1 Å². The van der Waals surface area contributed by atoms with Crippen molar-refractivity contribution in [2.24, 2.45) is 11.5 Å². The highest BCUT2D eigenvalue weighted by Gasteiger charge is 2.30. The summed E-state index contributed by atoms with van der Waals surface area (Å²) in [7, 11) is 0. The monoisotopic (exact) mass is 481 g/mol. The third-order valence-electron chi connectivity index (χ3n) is 4.47. The Balaban J connectivity index is 3.05. The molecule has 34 heavy (non-hydrogen) atoms. The molecular formula is C20H27N5O9. The van der Waals surface area contributed by atoms with Crippen LogP contribution >= 0.6 is 0 Å². The van der Waals surface area contributed by atoms with E-state index in [0.29, 0.717) is 5.56 Å². The number of primary amides is 1. The van der Waals surface area contributed by atoms with Crippen LogP contribution < -0.4 is 27.4 Å². The SMILES string of the molecule is NC(=O)CCC(N)C(=O)NC(Cc1ccc(O)cc1)C(=O)NC(CC(=O)O)C(=O)NCC(=O)O. The van der Waals surface area contributed by atoms with Crippen molar-refractivity contribution < 1.29 is 44.1 Å². The Labute approximate surface area is 193 Å². The van der Waals surface area contributed by atoms with Crippen molar-refractivity contribution in [1.82, 2.24) is 16.0 Å². The molecule has 0 aliphatic rings. The van der Waals surface area contributed by atoms with Gasteiger partial charge in [-0.15, -0.1) is 0 Å². The molecule has 1 aromatic carbocycles. The fraction of sp³-hybridized carbons (Fsp3) is 0.400. The molecule has 0 bridgehead atoms. The first-order chi connectivity index (χ1) is 15.9.